The van der Waals surface area contributed by atoms with Gasteiger partial charge in [0, 0.05) is 13.1 Å². The molecule has 0 bridgehead atoms. The van der Waals surface area contributed by atoms with Crippen molar-refractivity contribution in [1.29, 1.82) is 0 Å². The molecule has 1 heterocycles. The molecule has 2 N–H and O–H groups in total. The lowest BCUT2D eigenvalue weighted by molar-refractivity contribution is -0.125. The van der Waals surface area contributed by atoms with E-state index in [1.165, 1.54) is 25.7 Å². The molecule has 0 saturated carbocycles. The average Bonchev–Trinajstić information content (AvgIpc) is 2.73. The zero-order valence-corrected chi connectivity index (χ0v) is 12.3. The van der Waals surface area contributed by atoms with E-state index in [0.717, 1.165) is 32.0 Å². The van der Waals surface area contributed by atoms with Gasteiger partial charge in [0.1, 0.15) is 0 Å². The molecule has 0 aromatic carbocycles. The first-order chi connectivity index (χ1) is 8.61. The summed E-state index contributed by atoms with van der Waals surface area (Å²) in [6, 6.07) is 0. The predicted molar refractivity (Wildman–Crippen MR) is 76.5 cm³/mol. The maximum atomic E-state index is 11.9. The van der Waals surface area contributed by atoms with Gasteiger partial charge < -0.3 is 10.6 Å². The number of nitrogens with one attached hydrogen (secondary N) is 2. The normalized spacial score (nSPS) is 23.6. The first kappa shape index (κ1) is 15.5. The fourth-order valence-electron chi connectivity index (χ4n) is 2.53. The third-order valence-corrected chi connectivity index (χ3v) is 3.86. The molecule has 1 fully saturated rings. The van der Waals surface area contributed by atoms with Crippen LogP contribution in [-0.4, -0.2) is 25.5 Å². The van der Waals surface area contributed by atoms with Gasteiger partial charge in [-0.05, 0) is 24.8 Å². The predicted octanol–water partition coefficient (Wildman–Crippen LogP) is 2.56. The summed E-state index contributed by atoms with van der Waals surface area (Å²) in [7, 11) is 0. The fraction of sp³-hybridized carbons (Fsp3) is 0.933. The molecule has 18 heavy (non-hydrogen) atoms. The highest BCUT2D eigenvalue weighted by atomic mass is 16.1. The van der Waals surface area contributed by atoms with Crippen LogP contribution in [0.3, 0.4) is 0 Å². The summed E-state index contributed by atoms with van der Waals surface area (Å²) in [5.74, 6) is 1.73. The molecule has 1 amide bonds. The van der Waals surface area contributed by atoms with Crippen LogP contribution in [0.2, 0.25) is 0 Å². The number of hydrogen-bond donors (Lipinski definition) is 2. The minimum absolute atomic E-state index is 0.186. The molecule has 0 aromatic heterocycles. The summed E-state index contributed by atoms with van der Waals surface area (Å²) < 4.78 is 0. The number of rotatable bonds is 8. The van der Waals surface area contributed by atoms with Crippen molar-refractivity contribution in [2.45, 2.75) is 52.9 Å². The highest BCUT2D eigenvalue weighted by Gasteiger charge is 2.28. The molecule has 0 aromatic rings. The lowest BCUT2D eigenvalue weighted by atomic mass is 9.97. The van der Waals surface area contributed by atoms with E-state index in [1.54, 1.807) is 0 Å². The van der Waals surface area contributed by atoms with Gasteiger partial charge in [-0.3, -0.25) is 4.79 Å². The van der Waals surface area contributed by atoms with E-state index < -0.39 is 0 Å². The van der Waals surface area contributed by atoms with Crippen LogP contribution in [0.5, 0.6) is 0 Å². The van der Waals surface area contributed by atoms with E-state index in [2.05, 4.69) is 31.4 Å². The number of carbonyl (C=O) groups is 1. The van der Waals surface area contributed by atoms with E-state index in [4.69, 9.17) is 0 Å². The summed E-state index contributed by atoms with van der Waals surface area (Å²) >= 11 is 0. The summed E-state index contributed by atoms with van der Waals surface area (Å²) in [4.78, 5) is 11.9. The molecule has 106 valence electrons. The molecule has 3 heteroatoms. The second-order valence-electron chi connectivity index (χ2n) is 6.13. The molecular formula is C15H30N2O. The van der Waals surface area contributed by atoms with E-state index >= 15 is 0 Å². The van der Waals surface area contributed by atoms with Crippen LogP contribution in [-0.2, 0) is 4.79 Å². The van der Waals surface area contributed by atoms with E-state index in [1.807, 2.05) is 0 Å². The third kappa shape index (κ3) is 5.85. The highest BCUT2D eigenvalue weighted by Crippen LogP contribution is 2.15. The number of hydrogen-bond acceptors (Lipinski definition) is 2. The summed E-state index contributed by atoms with van der Waals surface area (Å²) in [6.07, 6.45) is 6.33. The first-order valence-corrected chi connectivity index (χ1v) is 7.59. The molecule has 1 aliphatic heterocycles. The Balaban J connectivity index is 1.96. The Hall–Kier alpha value is -0.570. The third-order valence-electron chi connectivity index (χ3n) is 3.86. The van der Waals surface area contributed by atoms with Gasteiger partial charge in [0.15, 0.2) is 0 Å². The number of unbranched alkanes of at least 4 members (excludes halogenated alkanes) is 3. The SMILES string of the molecule is CC(C)CCCCCCNC(=O)C1CNCC1C. The van der Waals surface area contributed by atoms with Gasteiger partial charge >= 0.3 is 0 Å². The van der Waals surface area contributed by atoms with E-state index in [-0.39, 0.29) is 11.8 Å². The van der Waals surface area contributed by atoms with Crippen molar-refractivity contribution >= 4 is 5.91 Å². The summed E-state index contributed by atoms with van der Waals surface area (Å²) in [6.45, 7) is 9.38. The monoisotopic (exact) mass is 254 g/mol. The number of carbonyl (C=O) groups excluding carboxylic acids is 1. The van der Waals surface area contributed by atoms with Gasteiger partial charge in [-0.1, -0.05) is 46.5 Å². The van der Waals surface area contributed by atoms with Crippen molar-refractivity contribution in [3.8, 4) is 0 Å². The van der Waals surface area contributed by atoms with Crippen LogP contribution < -0.4 is 10.6 Å². The average molecular weight is 254 g/mol. The molecule has 0 spiro atoms. The van der Waals surface area contributed by atoms with Gasteiger partial charge in [0.05, 0.1) is 5.92 Å². The molecule has 2 unspecified atom stereocenters. The van der Waals surface area contributed by atoms with Gasteiger partial charge in [-0.25, -0.2) is 0 Å². The molecule has 1 saturated heterocycles. The lowest BCUT2D eigenvalue weighted by Crippen LogP contribution is -2.34. The van der Waals surface area contributed by atoms with Crippen molar-refractivity contribution in [3.63, 3.8) is 0 Å². The minimum atomic E-state index is 0.186. The van der Waals surface area contributed by atoms with Crippen LogP contribution >= 0.6 is 0 Å². The Morgan fingerprint density at radius 1 is 1.22 bits per heavy atom. The van der Waals surface area contributed by atoms with Crippen molar-refractivity contribution < 1.29 is 4.79 Å². The van der Waals surface area contributed by atoms with Crippen LogP contribution in [0.1, 0.15) is 52.9 Å². The molecular weight excluding hydrogens is 224 g/mol. The number of amides is 1. The topological polar surface area (TPSA) is 41.1 Å². The van der Waals surface area contributed by atoms with E-state index in [0.29, 0.717) is 5.92 Å². The Morgan fingerprint density at radius 3 is 2.56 bits per heavy atom. The molecule has 0 radical (unpaired) electrons. The van der Waals surface area contributed by atoms with Gasteiger partial charge in [0.2, 0.25) is 5.91 Å². The smallest absolute Gasteiger partial charge is 0.224 e. The summed E-state index contributed by atoms with van der Waals surface area (Å²) in [5, 5.41) is 6.35. The molecule has 3 nitrogen and oxygen atoms in total. The van der Waals surface area contributed by atoms with E-state index in [9.17, 15) is 4.79 Å². The fourth-order valence-corrected chi connectivity index (χ4v) is 2.53. The maximum Gasteiger partial charge on any atom is 0.224 e. The second kappa shape index (κ2) is 8.52. The summed E-state index contributed by atoms with van der Waals surface area (Å²) in [5.41, 5.74) is 0. The molecule has 1 rings (SSSR count). The molecule has 1 aliphatic rings. The first-order valence-electron chi connectivity index (χ1n) is 7.59. The highest BCUT2D eigenvalue weighted by molar-refractivity contribution is 5.79. The van der Waals surface area contributed by atoms with Crippen molar-refractivity contribution in [1.82, 2.24) is 10.6 Å². The largest absolute Gasteiger partial charge is 0.356 e. The van der Waals surface area contributed by atoms with Gasteiger partial charge in [-0.15, -0.1) is 0 Å². The van der Waals surface area contributed by atoms with Crippen LogP contribution in [0.25, 0.3) is 0 Å². The Labute approximate surface area is 112 Å². The minimum Gasteiger partial charge on any atom is -0.356 e. The van der Waals surface area contributed by atoms with Crippen LogP contribution in [0, 0.1) is 17.8 Å². The Bertz CT molecular complexity index is 241. The quantitative estimate of drug-likeness (QED) is 0.654. The second-order valence-corrected chi connectivity index (χ2v) is 6.13. The van der Waals surface area contributed by atoms with Crippen molar-refractivity contribution in [2.75, 3.05) is 19.6 Å². The lowest BCUT2D eigenvalue weighted by Gasteiger charge is -2.14. The zero-order valence-electron chi connectivity index (χ0n) is 12.3. The Kier molecular flexibility index (Phi) is 7.33. The van der Waals surface area contributed by atoms with Crippen molar-refractivity contribution in [3.05, 3.63) is 0 Å². The van der Waals surface area contributed by atoms with Gasteiger partial charge in [-0.2, -0.15) is 0 Å². The maximum absolute atomic E-state index is 11.9. The molecule has 0 aliphatic carbocycles. The van der Waals surface area contributed by atoms with Gasteiger partial charge in [0.25, 0.3) is 0 Å². The van der Waals surface area contributed by atoms with Crippen molar-refractivity contribution in [2.24, 2.45) is 17.8 Å². The molecule has 2 atom stereocenters. The van der Waals surface area contributed by atoms with Crippen LogP contribution in [0.15, 0.2) is 0 Å². The van der Waals surface area contributed by atoms with Crippen LogP contribution in [0.4, 0.5) is 0 Å². The standard InChI is InChI=1S/C15H30N2O/c1-12(2)8-6-4-5-7-9-17-15(18)14-11-16-10-13(14)3/h12-14,16H,4-11H2,1-3H3,(H,17,18). The Morgan fingerprint density at radius 2 is 1.94 bits per heavy atom. The zero-order chi connectivity index (χ0) is 13.4.